The van der Waals surface area contributed by atoms with E-state index in [0.29, 0.717) is 24.4 Å². The quantitative estimate of drug-likeness (QED) is 0.330. The SMILES string of the molecule is CC[C@H]1CN(c2nc(N)c(C(=O)NCCO)nc2Cl)CCN1C1CCN(Cc2ccc(Cl)cc2N2CC[C@@H](O)C2)CC1. The lowest BCUT2D eigenvalue weighted by atomic mass is 9.97. The minimum atomic E-state index is -0.507. The lowest BCUT2D eigenvalue weighted by Crippen LogP contribution is -2.58. The highest BCUT2D eigenvalue weighted by molar-refractivity contribution is 6.32. The van der Waals surface area contributed by atoms with Crippen molar-refractivity contribution in [2.24, 2.45) is 0 Å². The van der Waals surface area contributed by atoms with Gasteiger partial charge >= 0.3 is 0 Å². The number of benzene rings is 1. The summed E-state index contributed by atoms with van der Waals surface area (Å²) in [5.41, 5.74) is 8.47. The van der Waals surface area contributed by atoms with Crippen LogP contribution in [-0.4, -0.2) is 113 Å². The van der Waals surface area contributed by atoms with Crippen molar-refractivity contribution in [3.63, 3.8) is 0 Å². The number of rotatable bonds is 9. The summed E-state index contributed by atoms with van der Waals surface area (Å²) in [5.74, 6) is 0.0229. The first kappa shape index (κ1) is 31.0. The molecule has 1 aromatic carbocycles. The molecule has 0 aliphatic carbocycles. The number of halogens is 2. The second-order valence-electron chi connectivity index (χ2n) is 11.5. The van der Waals surface area contributed by atoms with Gasteiger partial charge < -0.3 is 31.1 Å². The van der Waals surface area contributed by atoms with E-state index in [1.54, 1.807) is 0 Å². The third-order valence-corrected chi connectivity index (χ3v) is 9.24. The molecule has 0 unspecified atom stereocenters. The van der Waals surface area contributed by atoms with Crippen LogP contribution >= 0.6 is 23.2 Å². The van der Waals surface area contributed by atoms with Gasteiger partial charge in [0.25, 0.3) is 5.91 Å². The first-order valence-corrected chi connectivity index (χ1v) is 15.7. The Balaban J connectivity index is 1.18. The van der Waals surface area contributed by atoms with E-state index in [2.05, 4.69) is 47.9 Å². The van der Waals surface area contributed by atoms with Crippen molar-refractivity contribution in [3.8, 4) is 0 Å². The number of aliphatic hydroxyl groups is 2. The first-order valence-electron chi connectivity index (χ1n) is 14.9. The van der Waals surface area contributed by atoms with Crippen molar-refractivity contribution in [3.05, 3.63) is 39.6 Å². The van der Waals surface area contributed by atoms with Gasteiger partial charge in [0.2, 0.25) is 0 Å². The number of aromatic nitrogens is 2. The normalized spacial score (nSPS) is 22.6. The molecule has 0 spiro atoms. The molecule has 0 saturated carbocycles. The van der Waals surface area contributed by atoms with Gasteiger partial charge in [-0.25, -0.2) is 9.97 Å². The van der Waals surface area contributed by atoms with Gasteiger partial charge in [-0.3, -0.25) is 14.6 Å². The van der Waals surface area contributed by atoms with Crippen LogP contribution in [0.25, 0.3) is 0 Å². The number of hydrogen-bond donors (Lipinski definition) is 4. The molecule has 5 N–H and O–H groups in total. The number of hydrogen-bond acceptors (Lipinski definition) is 10. The van der Waals surface area contributed by atoms with Crippen molar-refractivity contribution in [1.29, 1.82) is 0 Å². The molecule has 1 aromatic heterocycles. The zero-order valence-corrected chi connectivity index (χ0v) is 25.7. The number of amides is 1. The Morgan fingerprint density at radius 1 is 1.07 bits per heavy atom. The zero-order valence-electron chi connectivity index (χ0n) is 24.2. The van der Waals surface area contributed by atoms with Crippen LogP contribution in [0.2, 0.25) is 10.2 Å². The van der Waals surface area contributed by atoms with Crippen LogP contribution in [0.3, 0.4) is 0 Å². The number of nitrogens with one attached hydrogen (secondary N) is 1. The first-order chi connectivity index (χ1) is 20.3. The molecule has 2 atom stereocenters. The van der Waals surface area contributed by atoms with Crippen LogP contribution in [0.4, 0.5) is 17.3 Å². The van der Waals surface area contributed by atoms with E-state index < -0.39 is 5.91 Å². The molecule has 3 aliphatic heterocycles. The van der Waals surface area contributed by atoms with Crippen molar-refractivity contribution in [1.82, 2.24) is 25.1 Å². The second kappa shape index (κ2) is 13.9. The smallest absolute Gasteiger partial charge is 0.273 e. The number of piperazine rings is 1. The Hall–Kier alpha value is -2.41. The number of nitrogen functional groups attached to an aromatic ring is 1. The van der Waals surface area contributed by atoms with E-state index in [-0.39, 0.29) is 35.9 Å². The maximum Gasteiger partial charge on any atom is 0.273 e. The van der Waals surface area contributed by atoms with Crippen LogP contribution in [0.15, 0.2) is 18.2 Å². The molecule has 3 aliphatic rings. The van der Waals surface area contributed by atoms with Crippen molar-refractivity contribution >= 4 is 46.4 Å². The Kier molecular flexibility index (Phi) is 10.3. The van der Waals surface area contributed by atoms with E-state index in [1.807, 2.05) is 12.1 Å². The number of anilines is 3. The molecular formula is C29H42Cl2N8O3. The standard InChI is InChI=1S/C29H42Cl2N8O3/c1-2-21-17-38(28-26(31)34-25(27(32)35-28)29(42)33-8-14-40)12-13-39(21)22-5-9-36(10-6-22)16-19-3-4-20(30)15-24(19)37-11-7-23(41)18-37/h3-4,15,21-23,40-41H,2,5-14,16-18H2,1H3,(H2,32,35)(H,33,42)/t21-,23+/m0/s1. The summed E-state index contributed by atoms with van der Waals surface area (Å²) in [6.45, 7) is 8.98. The molecule has 3 fully saturated rings. The number of β-amino-alcohol motifs (C(OH)–C–C–N with tert-alkyl or cyclic N) is 1. The average molecular weight is 622 g/mol. The molecule has 1 amide bonds. The minimum Gasteiger partial charge on any atom is -0.395 e. The van der Waals surface area contributed by atoms with Crippen molar-refractivity contribution < 1.29 is 15.0 Å². The highest BCUT2D eigenvalue weighted by Crippen LogP contribution is 2.32. The third-order valence-electron chi connectivity index (χ3n) is 8.75. The lowest BCUT2D eigenvalue weighted by molar-refractivity contribution is 0.0611. The number of carbonyl (C=O) groups excluding carboxylic acids is 1. The number of piperidine rings is 1. The average Bonchev–Trinajstić information content (AvgIpc) is 3.43. The fraction of sp³-hybridized carbons (Fsp3) is 0.621. The Morgan fingerprint density at radius 3 is 2.55 bits per heavy atom. The number of nitrogens with zero attached hydrogens (tertiary/aromatic N) is 6. The molecule has 3 saturated heterocycles. The topological polar surface area (TPSA) is 134 Å². The maximum absolute atomic E-state index is 12.3. The summed E-state index contributed by atoms with van der Waals surface area (Å²) in [4.78, 5) is 30.6. The van der Waals surface area contributed by atoms with Crippen LogP contribution in [-0.2, 0) is 6.54 Å². The highest BCUT2D eigenvalue weighted by Gasteiger charge is 2.35. The van der Waals surface area contributed by atoms with Gasteiger partial charge in [0.05, 0.1) is 12.7 Å². The van der Waals surface area contributed by atoms with Crippen LogP contribution < -0.4 is 20.9 Å². The summed E-state index contributed by atoms with van der Waals surface area (Å²) >= 11 is 12.8. The zero-order chi connectivity index (χ0) is 29.8. The lowest BCUT2D eigenvalue weighted by Gasteiger charge is -2.47. The fourth-order valence-corrected chi connectivity index (χ4v) is 6.93. The molecule has 2 aromatic rings. The highest BCUT2D eigenvalue weighted by atomic mass is 35.5. The van der Waals surface area contributed by atoms with Gasteiger partial charge in [-0.15, -0.1) is 0 Å². The number of carbonyl (C=O) groups is 1. The van der Waals surface area contributed by atoms with Crippen LogP contribution in [0, 0.1) is 0 Å². The molecule has 4 heterocycles. The van der Waals surface area contributed by atoms with Crippen LogP contribution in [0.1, 0.15) is 48.7 Å². The fourth-order valence-electron chi connectivity index (χ4n) is 6.52. The summed E-state index contributed by atoms with van der Waals surface area (Å²) in [7, 11) is 0. The van der Waals surface area contributed by atoms with Gasteiger partial charge in [-0.05, 0) is 56.5 Å². The van der Waals surface area contributed by atoms with Gasteiger partial charge in [-0.1, -0.05) is 36.2 Å². The minimum absolute atomic E-state index is 0.0254. The summed E-state index contributed by atoms with van der Waals surface area (Å²) in [5, 5.41) is 22.5. The van der Waals surface area contributed by atoms with E-state index >= 15 is 0 Å². The maximum atomic E-state index is 12.3. The van der Waals surface area contributed by atoms with E-state index in [9.17, 15) is 9.90 Å². The summed E-state index contributed by atoms with van der Waals surface area (Å²) in [6.07, 6.45) is 3.72. The van der Waals surface area contributed by atoms with E-state index in [4.69, 9.17) is 34.0 Å². The van der Waals surface area contributed by atoms with E-state index in [0.717, 1.165) is 82.2 Å². The Bertz CT molecular complexity index is 1250. The summed E-state index contributed by atoms with van der Waals surface area (Å²) < 4.78 is 0. The molecule has 42 heavy (non-hydrogen) atoms. The third kappa shape index (κ3) is 7.03. The monoisotopic (exact) mass is 620 g/mol. The molecule has 0 bridgehead atoms. The number of aliphatic hydroxyl groups excluding tert-OH is 2. The van der Waals surface area contributed by atoms with Crippen molar-refractivity contribution in [2.75, 3.05) is 74.5 Å². The number of likely N-dealkylation sites (tertiary alicyclic amines) is 1. The molecular weight excluding hydrogens is 579 g/mol. The molecule has 5 rings (SSSR count). The molecule has 0 radical (unpaired) electrons. The van der Waals surface area contributed by atoms with Gasteiger partial charge in [-0.2, -0.15) is 0 Å². The van der Waals surface area contributed by atoms with Gasteiger partial charge in [0.15, 0.2) is 22.5 Å². The van der Waals surface area contributed by atoms with E-state index in [1.165, 1.54) is 5.56 Å². The summed E-state index contributed by atoms with van der Waals surface area (Å²) in [6, 6.07) is 6.99. The number of nitrogens with two attached hydrogens (primary N) is 1. The van der Waals surface area contributed by atoms with Crippen molar-refractivity contribution in [2.45, 2.75) is 57.3 Å². The predicted octanol–water partition coefficient (Wildman–Crippen LogP) is 2.22. The second-order valence-corrected chi connectivity index (χ2v) is 12.3. The predicted molar refractivity (Wildman–Crippen MR) is 166 cm³/mol. The largest absolute Gasteiger partial charge is 0.395 e. The molecule has 13 heteroatoms. The Morgan fingerprint density at radius 2 is 1.86 bits per heavy atom. The van der Waals surface area contributed by atoms with Gasteiger partial charge in [0.1, 0.15) is 0 Å². The molecule has 11 nitrogen and oxygen atoms in total. The van der Waals surface area contributed by atoms with Crippen LogP contribution in [0.5, 0.6) is 0 Å². The Labute approximate surface area is 257 Å². The molecule has 230 valence electrons. The van der Waals surface area contributed by atoms with Gasteiger partial charge in [0, 0.05) is 68.6 Å².